The number of hydrogen-bond acceptors (Lipinski definition) is 4. The van der Waals surface area contributed by atoms with Crippen LogP contribution in [0, 0.1) is 6.92 Å². The van der Waals surface area contributed by atoms with E-state index in [2.05, 4.69) is 34.6 Å². The van der Waals surface area contributed by atoms with Crippen LogP contribution in [0.2, 0.25) is 0 Å². The summed E-state index contributed by atoms with van der Waals surface area (Å²) in [5, 5.41) is 14.5. The Kier molecular flexibility index (Phi) is 5.94. The van der Waals surface area contributed by atoms with Crippen LogP contribution in [-0.4, -0.2) is 34.1 Å². The summed E-state index contributed by atoms with van der Waals surface area (Å²) in [5.41, 5.74) is 4.57. The van der Waals surface area contributed by atoms with Gasteiger partial charge in [-0.25, -0.2) is 0 Å². The van der Waals surface area contributed by atoms with Crippen LogP contribution >= 0.6 is 0 Å². The van der Waals surface area contributed by atoms with Gasteiger partial charge in [0.25, 0.3) is 5.91 Å². The molecular weight excluding hydrogens is 384 g/mol. The summed E-state index contributed by atoms with van der Waals surface area (Å²) in [6.45, 7) is 7.44. The SMILES string of the molecule is CCN(CC)C(=O)c1ccc(-c2nnc(Nc3ccccc3C)c3ccccc23)cc1. The Hall–Kier alpha value is -3.73. The first-order valence-electron chi connectivity index (χ1n) is 10.6. The smallest absolute Gasteiger partial charge is 0.253 e. The van der Waals surface area contributed by atoms with Crippen molar-refractivity contribution < 1.29 is 4.79 Å². The molecular formula is C26H26N4O. The quantitative estimate of drug-likeness (QED) is 0.434. The van der Waals surface area contributed by atoms with E-state index in [1.165, 1.54) is 0 Å². The minimum Gasteiger partial charge on any atom is -0.339 e. The van der Waals surface area contributed by atoms with Gasteiger partial charge in [0, 0.05) is 40.7 Å². The number of anilines is 2. The first kappa shape index (κ1) is 20.5. The zero-order valence-corrected chi connectivity index (χ0v) is 18.1. The summed E-state index contributed by atoms with van der Waals surface area (Å²) < 4.78 is 0. The highest BCUT2D eigenvalue weighted by atomic mass is 16.2. The average Bonchev–Trinajstić information content (AvgIpc) is 2.81. The number of para-hydroxylation sites is 1. The number of nitrogens with zero attached hydrogens (tertiary/aromatic N) is 3. The van der Waals surface area contributed by atoms with E-state index in [-0.39, 0.29) is 5.91 Å². The predicted molar refractivity (Wildman–Crippen MR) is 127 cm³/mol. The third kappa shape index (κ3) is 4.12. The highest BCUT2D eigenvalue weighted by Crippen LogP contribution is 2.31. The van der Waals surface area contributed by atoms with Crippen LogP contribution < -0.4 is 5.32 Å². The zero-order valence-electron chi connectivity index (χ0n) is 18.1. The molecule has 1 heterocycles. The van der Waals surface area contributed by atoms with Crippen LogP contribution in [0.25, 0.3) is 22.0 Å². The van der Waals surface area contributed by atoms with Gasteiger partial charge >= 0.3 is 0 Å². The summed E-state index contributed by atoms with van der Waals surface area (Å²) in [4.78, 5) is 14.4. The van der Waals surface area contributed by atoms with Gasteiger partial charge in [-0.1, -0.05) is 54.6 Å². The highest BCUT2D eigenvalue weighted by molar-refractivity contribution is 6.01. The lowest BCUT2D eigenvalue weighted by Gasteiger charge is -2.18. The van der Waals surface area contributed by atoms with Gasteiger partial charge in [-0.15, -0.1) is 10.2 Å². The molecule has 5 heteroatoms. The Bertz CT molecular complexity index is 1210. The lowest BCUT2D eigenvalue weighted by molar-refractivity contribution is 0.0773. The number of benzene rings is 3. The Labute approximate surface area is 182 Å². The van der Waals surface area contributed by atoms with Crippen molar-refractivity contribution in [2.45, 2.75) is 20.8 Å². The molecule has 1 N–H and O–H groups in total. The minimum atomic E-state index is 0.0465. The summed E-state index contributed by atoms with van der Waals surface area (Å²) in [6, 6.07) is 23.8. The first-order valence-corrected chi connectivity index (χ1v) is 10.6. The van der Waals surface area contributed by atoms with Gasteiger partial charge in [-0.05, 0) is 44.5 Å². The maximum atomic E-state index is 12.6. The maximum absolute atomic E-state index is 12.6. The molecule has 0 fully saturated rings. The molecule has 0 aliphatic carbocycles. The van der Waals surface area contributed by atoms with E-state index in [0.29, 0.717) is 18.7 Å². The topological polar surface area (TPSA) is 58.1 Å². The van der Waals surface area contributed by atoms with Crippen LogP contribution in [0.5, 0.6) is 0 Å². The van der Waals surface area contributed by atoms with Crippen LogP contribution in [0.1, 0.15) is 29.8 Å². The molecule has 3 aromatic carbocycles. The van der Waals surface area contributed by atoms with Gasteiger partial charge in [0.05, 0.1) is 0 Å². The summed E-state index contributed by atoms with van der Waals surface area (Å²) in [6.07, 6.45) is 0. The fraction of sp³-hybridized carbons (Fsp3) is 0.192. The molecule has 1 amide bonds. The Morgan fingerprint density at radius 2 is 1.48 bits per heavy atom. The molecule has 1 aromatic heterocycles. The predicted octanol–water partition coefficient (Wildman–Crippen LogP) is 5.83. The number of fused-ring (bicyclic) bond motifs is 1. The van der Waals surface area contributed by atoms with Gasteiger partial charge in [0.1, 0.15) is 5.69 Å². The van der Waals surface area contributed by atoms with Crippen molar-refractivity contribution in [2.24, 2.45) is 0 Å². The van der Waals surface area contributed by atoms with Crippen molar-refractivity contribution in [3.63, 3.8) is 0 Å². The second-order valence-electron chi connectivity index (χ2n) is 7.44. The van der Waals surface area contributed by atoms with Gasteiger partial charge in [-0.3, -0.25) is 4.79 Å². The molecule has 0 bridgehead atoms. The van der Waals surface area contributed by atoms with E-state index in [4.69, 9.17) is 0 Å². The number of amides is 1. The molecule has 0 atom stereocenters. The molecule has 5 nitrogen and oxygen atoms in total. The van der Waals surface area contributed by atoms with Crippen LogP contribution in [0.3, 0.4) is 0 Å². The van der Waals surface area contributed by atoms with E-state index in [1.807, 2.05) is 79.4 Å². The molecule has 0 spiro atoms. The van der Waals surface area contributed by atoms with Crippen molar-refractivity contribution in [3.8, 4) is 11.3 Å². The van der Waals surface area contributed by atoms with Gasteiger partial charge in [-0.2, -0.15) is 0 Å². The second kappa shape index (κ2) is 8.96. The number of aromatic nitrogens is 2. The molecule has 4 aromatic rings. The maximum Gasteiger partial charge on any atom is 0.253 e. The normalized spacial score (nSPS) is 10.8. The van der Waals surface area contributed by atoms with Crippen molar-refractivity contribution in [2.75, 3.05) is 18.4 Å². The van der Waals surface area contributed by atoms with Gasteiger partial charge < -0.3 is 10.2 Å². The monoisotopic (exact) mass is 410 g/mol. The fourth-order valence-electron chi connectivity index (χ4n) is 3.71. The van der Waals surface area contributed by atoms with E-state index in [1.54, 1.807) is 0 Å². The van der Waals surface area contributed by atoms with E-state index in [9.17, 15) is 4.79 Å². The number of aryl methyl sites for hydroxylation is 1. The summed E-state index contributed by atoms with van der Waals surface area (Å²) >= 11 is 0. The highest BCUT2D eigenvalue weighted by Gasteiger charge is 2.15. The average molecular weight is 411 g/mol. The Morgan fingerprint density at radius 1 is 0.839 bits per heavy atom. The molecule has 0 saturated carbocycles. The third-order valence-electron chi connectivity index (χ3n) is 5.54. The zero-order chi connectivity index (χ0) is 21.8. The molecule has 4 rings (SSSR count). The number of hydrogen-bond donors (Lipinski definition) is 1. The molecule has 156 valence electrons. The molecule has 0 radical (unpaired) electrons. The van der Waals surface area contributed by atoms with E-state index < -0.39 is 0 Å². The third-order valence-corrected chi connectivity index (χ3v) is 5.54. The van der Waals surface area contributed by atoms with Crippen molar-refractivity contribution in [3.05, 3.63) is 83.9 Å². The summed E-state index contributed by atoms with van der Waals surface area (Å²) in [7, 11) is 0. The Balaban J connectivity index is 1.71. The van der Waals surface area contributed by atoms with Crippen molar-refractivity contribution in [1.29, 1.82) is 0 Å². The van der Waals surface area contributed by atoms with E-state index in [0.717, 1.165) is 39.1 Å². The minimum absolute atomic E-state index is 0.0465. The molecule has 0 unspecified atom stereocenters. The lowest BCUT2D eigenvalue weighted by atomic mass is 10.0. The van der Waals surface area contributed by atoms with Gasteiger partial charge in [0.15, 0.2) is 5.82 Å². The Morgan fingerprint density at radius 3 is 2.16 bits per heavy atom. The number of rotatable bonds is 6. The largest absolute Gasteiger partial charge is 0.339 e. The second-order valence-corrected chi connectivity index (χ2v) is 7.44. The van der Waals surface area contributed by atoms with Crippen LogP contribution in [0.4, 0.5) is 11.5 Å². The molecule has 0 aliphatic heterocycles. The van der Waals surface area contributed by atoms with E-state index >= 15 is 0 Å². The number of carbonyl (C=O) groups is 1. The van der Waals surface area contributed by atoms with Crippen molar-refractivity contribution >= 4 is 28.2 Å². The van der Waals surface area contributed by atoms with Crippen molar-refractivity contribution in [1.82, 2.24) is 15.1 Å². The number of carbonyl (C=O) groups excluding carboxylic acids is 1. The summed E-state index contributed by atoms with van der Waals surface area (Å²) in [5.74, 6) is 0.771. The fourth-order valence-corrected chi connectivity index (χ4v) is 3.71. The first-order chi connectivity index (χ1) is 15.1. The van der Waals surface area contributed by atoms with Crippen LogP contribution in [0.15, 0.2) is 72.8 Å². The molecule has 31 heavy (non-hydrogen) atoms. The van der Waals surface area contributed by atoms with Gasteiger partial charge in [0.2, 0.25) is 0 Å². The lowest BCUT2D eigenvalue weighted by Crippen LogP contribution is -2.30. The van der Waals surface area contributed by atoms with Crippen LogP contribution in [-0.2, 0) is 0 Å². The standard InChI is InChI=1S/C26H26N4O/c1-4-30(5-2)26(31)20-16-14-19(15-17-20)24-21-11-7-8-12-22(21)25(29-28-24)27-23-13-9-6-10-18(23)3/h6-17H,4-5H2,1-3H3,(H,27,29). The molecule has 0 saturated heterocycles. The number of nitrogens with one attached hydrogen (secondary N) is 1. The molecule has 0 aliphatic rings.